The molecule has 2 rings (SSSR count). The molecule has 0 heterocycles. The van der Waals surface area contributed by atoms with Crippen molar-refractivity contribution >= 4 is 28.9 Å². The van der Waals surface area contributed by atoms with Gasteiger partial charge >= 0.3 is 0 Å². The number of carbonyl (C=O) groups is 1. The summed E-state index contributed by atoms with van der Waals surface area (Å²) in [6.07, 6.45) is 1.47. The maximum absolute atomic E-state index is 12.4. The Labute approximate surface area is 161 Å². The first-order valence-electron chi connectivity index (χ1n) is 8.09. The van der Waals surface area contributed by atoms with Gasteiger partial charge in [-0.05, 0) is 18.6 Å². The third-order valence-electron chi connectivity index (χ3n) is 3.72. The van der Waals surface area contributed by atoms with E-state index in [-0.39, 0.29) is 22.0 Å². The monoisotopic (exact) mass is 384 g/mol. The summed E-state index contributed by atoms with van der Waals surface area (Å²) in [7, 11) is 0. The van der Waals surface area contributed by atoms with Crippen molar-refractivity contribution in [1.29, 1.82) is 5.26 Å². The molecule has 2 aromatic rings. The van der Waals surface area contributed by atoms with Gasteiger partial charge in [-0.1, -0.05) is 41.9 Å². The highest BCUT2D eigenvalue weighted by atomic mass is 35.5. The number of nitriles is 1. The number of carbonyl (C=O) groups excluding carboxylic acids is 1. The molecule has 0 aliphatic carbocycles. The fraction of sp³-hybridized carbons (Fsp3) is 0.158. The summed E-state index contributed by atoms with van der Waals surface area (Å²) in [6.45, 7) is 3.03. The van der Waals surface area contributed by atoms with Gasteiger partial charge in [0.25, 0.3) is 11.6 Å². The van der Waals surface area contributed by atoms with E-state index in [1.807, 2.05) is 48.2 Å². The summed E-state index contributed by atoms with van der Waals surface area (Å²) in [6, 6.07) is 15.2. The van der Waals surface area contributed by atoms with Crippen LogP contribution in [0.15, 0.2) is 60.3 Å². The lowest BCUT2D eigenvalue weighted by molar-refractivity contribution is -0.384. The van der Waals surface area contributed by atoms with Crippen molar-refractivity contribution in [2.45, 2.75) is 13.5 Å². The molecule has 1 N–H and O–H groups in total. The van der Waals surface area contributed by atoms with E-state index in [1.165, 1.54) is 18.3 Å². The number of nitro benzene ring substituents is 1. The van der Waals surface area contributed by atoms with E-state index in [1.54, 1.807) is 0 Å². The number of hydrogen-bond acceptors (Lipinski definition) is 5. The van der Waals surface area contributed by atoms with Crippen LogP contribution in [-0.2, 0) is 11.3 Å². The molecule has 8 heteroatoms. The molecule has 138 valence electrons. The summed E-state index contributed by atoms with van der Waals surface area (Å²) < 4.78 is 0. The van der Waals surface area contributed by atoms with Gasteiger partial charge in [0.05, 0.1) is 15.6 Å². The Morgan fingerprint density at radius 1 is 1.33 bits per heavy atom. The van der Waals surface area contributed by atoms with Gasteiger partial charge in [0.1, 0.15) is 11.6 Å². The predicted molar refractivity (Wildman–Crippen MR) is 103 cm³/mol. The smallest absolute Gasteiger partial charge is 0.271 e. The third kappa shape index (κ3) is 5.56. The summed E-state index contributed by atoms with van der Waals surface area (Å²) >= 11 is 5.98. The summed E-state index contributed by atoms with van der Waals surface area (Å²) in [5.41, 5.74) is 0.768. The van der Waals surface area contributed by atoms with Crippen LogP contribution in [0.25, 0.3) is 0 Å². The lowest BCUT2D eigenvalue weighted by Gasteiger charge is -2.19. The zero-order valence-electron chi connectivity index (χ0n) is 14.6. The van der Waals surface area contributed by atoms with Gasteiger partial charge in [0.15, 0.2) is 0 Å². The maximum Gasteiger partial charge on any atom is 0.271 e. The van der Waals surface area contributed by atoms with Gasteiger partial charge in [-0.25, -0.2) is 0 Å². The zero-order valence-corrected chi connectivity index (χ0v) is 15.3. The Hall–Kier alpha value is -3.37. The number of hydrogen-bond donors (Lipinski definition) is 1. The summed E-state index contributed by atoms with van der Waals surface area (Å²) in [4.78, 5) is 24.5. The first kappa shape index (κ1) is 19.9. The van der Waals surface area contributed by atoms with Crippen molar-refractivity contribution < 1.29 is 9.72 Å². The van der Waals surface area contributed by atoms with Gasteiger partial charge in [0, 0.05) is 31.4 Å². The van der Waals surface area contributed by atoms with Crippen LogP contribution in [0.3, 0.4) is 0 Å². The zero-order chi connectivity index (χ0) is 19.8. The molecule has 27 heavy (non-hydrogen) atoms. The number of amides is 1. The van der Waals surface area contributed by atoms with Gasteiger partial charge in [-0.3, -0.25) is 14.9 Å². The molecule has 7 nitrogen and oxygen atoms in total. The minimum absolute atomic E-state index is 0.0723. The van der Waals surface area contributed by atoms with Crippen LogP contribution in [0, 0.1) is 21.4 Å². The van der Waals surface area contributed by atoms with E-state index in [0.29, 0.717) is 13.1 Å². The van der Waals surface area contributed by atoms with E-state index in [2.05, 4.69) is 5.32 Å². The van der Waals surface area contributed by atoms with Crippen molar-refractivity contribution in [2.75, 3.05) is 11.9 Å². The molecule has 0 unspecified atom stereocenters. The molecular formula is C19H17ClN4O3. The molecule has 0 atom stereocenters. The number of nitrogens with one attached hydrogen (secondary N) is 1. The third-order valence-corrected chi connectivity index (χ3v) is 4.05. The van der Waals surface area contributed by atoms with E-state index < -0.39 is 10.8 Å². The maximum atomic E-state index is 12.4. The molecule has 0 saturated heterocycles. The van der Waals surface area contributed by atoms with Crippen molar-refractivity contribution in [3.63, 3.8) is 0 Å². The van der Waals surface area contributed by atoms with Gasteiger partial charge < -0.3 is 10.2 Å². The molecular weight excluding hydrogens is 368 g/mol. The SMILES string of the molecule is CCN(/C=C(/C#N)C(=O)Nc1cc([N+](=O)[O-])ccc1Cl)Cc1ccccc1. The molecule has 1 amide bonds. The molecule has 0 aliphatic heterocycles. The van der Waals surface area contributed by atoms with Crippen LogP contribution in [-0.4, -0.2) is 22.3 Å². The molecule has 0 saturated carbocycles. The van der Waals surface area contributed by atoms with Gasteiger partial charge in [-0.2, -0.15) is 5.26 Å². The van der Waals surface area contributed by atoms with Crippen molar-refractivity contribution in [3.05, 3.63) is 81.0 Å². The Bertz CT molecular complexity index is 907. The molecule has 0 spiro atoms. The Morgan fingerprint density at radius 2 is 2.04 bits per heavy atom. The second-order valence-corrected chi connectivity index (χ2v) is 5.99. The average molecular weight is 385 g/mol. The first-order chi connectivity index (χ1) is 12.9. The topological polar surface area (TPSA) is 99.3 Å². The largest absolute Gasteiger partial charge is 0.372 e. The highest BCUT2D eigenvalue weighted by Crippen LogP contribution is 2.27. The van der Waals surface area contributed by atoms with Crippen LogP contribution in [0.5, 0.6) is 0 Å². The second-order valence-electron chi connectivity index (χ2n) is 5.58. The lowest BCUT2D eigenvalue weighted by atomic mass is 10.2. The number of anilines is 1. The Balaban J connectivity index is 2.19. The fourth-order valence-corrected chi connectivity index (χ4v) is 2.46. The van der Waals surface area contributed by atoms with Gasteiger partial charge in [0.2, 0.25) is 0 Å². The molecule has 0 aliphatic rings. The minimum Gasteiger partial charge on any atom is -0.372 e. The number of halogens is 1. The molecule has 2 aromatic carbocycles. The van der Waals surface area contributed by atoms with Crippen LogP contribution in [0.1, 0.15) is 12.5 Å². The molecule has 0 fully saturated rings. The average Bonchev–Trinajstić information content (AvgIpc) is 2.67. The predicted octanol–water partition coefficient (Wildman–Crippen LogP) is 4.12. The van der Waals surface area contributed by atoms with E-state index in [9.17, 15) is 20.2 Å². The molecule has 0 bridgehead atoms. The Kier molecular flexibility index (Phi) is 6.92. The van der Waals surface area contributed by atoms with Crippen LogP contribution < -0.4 is 5.32 Å². The highest BCUT2D eigenvalue weighted by molar-refractivity contribution is 6.34. The van der Waals surface area contributed by atoms with Gasteiger partial charge in [-0.15, -0.1) is 0 Å². The minimum atomic E-state index is -0.689. The van der Waals surface area contributed by atoms with Crippen LogP contribution >= 0.6 is 11.6 Å². The van der Waals surface area contributed by atoms with E-state index in [0.717, 1.165) is 11.6 Å². The van der Waals surface area contributed by atoms with E-state index in [4.69, 9.17) is 11.6 Å². The van der Waals surface area contributed by atoms with Crippen LogP contribution in [0.4, 0.5) is 11.4 Å². The Morgan fingerprint density at radius 3 is 2.63 bits per heavy atom. The lowest BCUT2D eigenvalue weighted by Crippen LogP contribution is -2.21. The molecule has 0 radical (unpaired) electrons. The number of non-ortho nitro benzene ring substituents is 1. The van der Waals surface area contributed by atoms with Crippen molar-refractivity contribution in [1.82, 2.24) is 4.90 Å². The summed E-state index contributed by atoms with van der Waals surface area (Å²) in [5.74, 6) is -0.689. The number of nitro groups is 1. The second kappa shape index (κ2) is 9.36. The normalized spacial score (nSPS) is 10.8. The summed E-state index contributed by atoms with van der Waals surface area (Å²) in [5, 5.41) is 22.8. The van der Waals surface area contributed by atoms with E-state index >= 15 is 0 Å². The fourth-order valence-electron chi connectivity index (χ4n) is 2.30. The standard InChI is InChI=1S/C19H17ClN4O3/c1-2-23(12-14-6-4-3-5-7-14)13-15(11-21)19(25)22-18-10-16(24(26)27)8-9-17(18)20/h3-10,13H,2,12H2,1H3,(H,22,25)/b15-13-. The highest BCUT2D eigenvalue weighted by Gasteiger charge is 2.16. The van der Waals surface area contributed by atoms with Crippen molar-refractivity contribution in [2.24, 2.45) is 0 Å². The first-order valence-corrected chi connectivity index (χ1v) is 8.47. The molecule has 0 aromatic heterocycles. The van der Waals surface area contributed by atoms with Crippen molar-refractivity contribution in [3.8, 4) is 6.07 Å². The number of rotatable bonds is 7. The van der Waals surface area contributed by atoms with Crippen LogP contribution in [0.2, 0.25) is 5.02 Å². The number of benzene rings is 2. The quantitative estimate of drug-likeness (QED) is 0.335. The number of nitrogens with zero attached hydrogens (tertiary/aromatic N) is 3.